The molecule has 0 spiro atoms. The van der Waals surface area contributed by atoms with Crippen molar-refractivity contribution in [3.8, 4) is 5.75 Å². The third kappa shape index (κ3) is 8.14. The number of hydrogen-bond acceptors (Lipinski definition) is 6. The first-order valence-corrected chi connectivity index (χ1v) is 16.5. The first-order valence-electron chi connectivity index (χ1n) is 15.1. The van der Waals surface area contributed by atoms with E-state index in [-0.39, 0.29) is 29.7 Å². The number of nitrogens with one attached hydrogen (secondary N) is 1. The SMILES string of the molecule is COc1ccc(CN(C(=O)CCc2ccc(S(=O)(=O)N3CCCC3)cc2)[C@H](C(=O)NCc2ccncc2)c2ccccc2)cc1. The average Bonchev–Trinajstić information content (AvgIpc) is 3.64. The summed E-state index contributed by atoms with van der Waals surface area (Å²) in [4.78, 5) is 33.8. The molecule has 1 saturated heterocycles. The molecule has 0 aliphatic carbocycles. The summed E-state index contributed by atoms with van der Waals surface area (Å²) in [5, 5.41) is 3.01. The van der Waals surface area contributed by atoms with E-state index < -0.39 is 16.1 Å². The summed E-state index contributed by atoms with van der Waals surface area (Å²) in [7, 11) is -1.92. The molecule has 0 bridgehead atoms. The van der Waals surface area contributed by atoms with Crippen molar-refractivity contribution in [1.29, 1.82) is 0 Å². The lowest BCUT2D eigenvalue weighted by Crippen LogP contribution is -2.43. The van der Waals surface area contributed by atoms with Crippen LogP contribution in [0.5, 0.6) is 5.75 Å². The Labute approximate surface area is 264 Å². The van der Waals surface area contributed by atoms with E-state index in [9.17, 15) is 18.0 Å². The molecular weight excluding hydrogens is 588 g/mol. The molecule has 45 heavy (non-hydrogen) atoms. The molecule has 1 aliphatic rings. The number of hydrogen-bond donors (Lipinski definition) is 1. The van der Waals surface area contributed by atoms with Crippen LogP contribution in [0.1, 0.15) is 47.6 Å². The van der Waals surface area contributed by atoms with Crippen molar-refractivity contribution in [3.05, 3.63) is 126 Å². The van der Waals surface area contributed by atoms with Gasteiger partial charge in [0, 0.05) is 45.0 Å². The maximum Gasteiger partial charge on any atom is 0.247 e. The largest absolute Gasteiger partial charge is 0.497 e. The summed E-state index contributed by atoms with van der Waals surface area (Å²) in [5.41, 5.74) is 3.28. The Morgan fingerprint density at radius 1 is 0.867 bits per heavy atom. The second kappa shape index (κ2) is 15.0. The van der Waals surface area contributed by atoms with Crippen LogP contribution in [0.3, 0.4) is 0 Å². The molecule has 0 radical (unpaired) electrons. The van der Waals surface area contributed by atoms with Gasteiger partial charge in [0.25, 0.3) is 0 Å². The van der Waals surface area contributed by atoms with Crippen molar-refractivity contribution in [3.63, 3.8) is 0 Å². The lowest BCUT2D eigenvalue weighted by Gasteiger charge is -2.32. The van der Waals surface area contributed by atoms with Crippen LogP contribution >= 0.6 is 0 Å². The van der Waals surface area contributed by atoms with Crippen LogP contribution in [-0.4, -0.2) is 54.6 Å². The third-order valence-corrected chi connectivity index (χ3v) is 9.89. The number of aryl methyl sites for hydroxylation is 1. The summed E-state index contributed by atoms with van der Waals surface area (Å²) in [6, 6.07) is 26.3. The number of carbonyl (C=O) groups is 2. The Kier molecular flexibility index (Phi) is 10.6. The molecule has 3 aromatic carbocycles. The molecule has 234 valence electrons. The van der Waals surface area contributed by atoms with Gasteiger partial charge in [-0.3, -0.25) is 14.6 Å². The fourth-order valence-corrected chi connectivity index (χ4v) is 6.96. The smallest absolute Gasteiger partial charge is 0.247 e. The lowest BCUT2D eigenvalue weighted by molar-refractivity contribution is -0.141. The van der Waals surface area contributed by atoms with Crippen LogP contribution in [0.4, 0.5) is 0 Å². The third-order valence-electron chi connectivity index (χ3n) is 7.98. The number of sulfonamides is 1. The van der Waals surface area contributed by atoms with E-state index in [0.29, 0.717) is 37.4 Å². The molecule has 9 nitrogen and oxygen atoms in total. The van der Waals surface area contributed by atoms with Crippen LogP contribution < -0.4 is 10.1 Å². The molecule has 5 rings (SSSR count). The number of methoxy groups -OCH3 is 1. The number of pyridine rings is 1. The van der Waals surface area contributed by atoms with Gasteiger partial charge in [-0.15, -0.1) is 0 Å². The van der Waals surface area contributed by atoms with E-state index in [1.165, 1.54) is 4.31 Å². The molecule has 1 aliphatic heterocycles. The van der Waals surface area contributed by atoms with E-state index in [2.05, 4.69) is 10.3 Å². The number of nitrogens with zero attached hydrogens (tertiary/aromatic N) is 3. The zero-order chi connectivity index (χ0) is 31.6. The van der Waals surface area contributed by atoms with Crippen molar-refractivity contribution in [2.24, 2.45) is 0 Å². The van der Waals surface area contributed by atoms with E-state index in [1.807, 2.05) is 66.7 Å². The zero-order valence-corrected chi connectivity index (χ0v) is 26.2. The number of ether oxygens (including phenoxy) is 1. The van der Waals surface area contributed by atoms with Crippen LogP contribution in [0.2, 0.25) is 0 Å². The highest BCUT2D eigenvalue weighted by Crippen LogP contribution is 2.27. The van der Waals surface area contributed by atoms with Gasteiger partial charge in [-0.05, 0) is 77.9 Å². The molecule has 0 saturated carbocycles. The van der Waals surface area contributed by atoms with E-state index in [4.69, 9.17) is 4.74 Å². The van der Waals surface area contributed by atoms with Gasteiger partial charge in [-0.1, -0.05) is 54.6 Å². The van der Waals surface area contributed by atoms with Gasteiger partial charge < -0.3 is 15.0 Å². The number of carbonyl (C=O) groups excluding carboxylic acids is 2. The Morgan fingerprint density at radius 2 is 1.51 bits per heavy atom. The Hall–Kier alpha value is -4.54. The van der Waals surface area contributed by atoms with Crippen LogP contribution in [-0.2, 0) is 39.1 Å². The fourth-order valence-electron chi connectivity index (χ4n) is 5.45. The summed E-state index contributed by atoms with van der Waals surface area (Å²) >= 11 is 0. The highest BCUT2D eigenvalue weighted by atomic mass is 32.2. The molecule has 1 fully saturated rings. The van der Waals surface area contributed by atoms with E-state index >= 15 is 0 Å². The standard InChI is InChI=1S/C35H38N4O5S/c1-44-31-14-9-29(10-15-31)26-39(34(30-7-3-2-4-8-30)35(41)37-25-28-19-21-36-22-20-28)33(40)18-13-27-11-16-32(17-12-27)45(42,43)38-23-5-6-24-38/h2-4,7-12,14-17,19-22,34H,5-6,13,18,23-26H2,1H3,(H,37,41)/t34-/m0/s1. The summed E-state index contributed by atoms with van der Waals surface area (Å²) in [6.07, 6.45) is 5.61. The van der Waals surface area contributed by atoms with Crippen LogP contribution in [0.25, 0.3) is 0 Å². The van der Waals surface area contributed by atoms with Gasteiger partial charge in [-0.2, -0.15) is 4.31 Å². The van der Waals surface area contributed by atoms with Gasteiger partial charge in [0.15, 0.2) is 0 Å². The van der Waals surface area contributed by atoms with Crippen molar-refractivity contribution in [2.45, 2.75) is 49.7 Å². The molecule has 2 heterocycles. The number of amides is 2. The number of benzene rings is 3. The Bertz CT molecular complexity index is 1660. The first kappa shape index (κ1) is 31.9. The second-order valence-corrected chi connectivity index (χ2v) is 12.9. The van der Waals surface area contributed by atoms with Crippen LogP contribution in [0, 0.1) is 0 Å². The Morgan fingerprint density at radius 3 is 2.16 bits per heavy atom. The quantitative estimate of drug-likeness (QED) is 0.226. The molecule has 0 unspecified atom stereocenters. The predicted molar refractivity (Wildman–Crippen MR) is 172 cm³/mol. The zero-order valence-electron chi connectivity index (χ0n) is 25.3. The molecule has 1 atom stereocenters. The van der Waals surface area contributed by atoms with Crippen LogP contribution in [0.15, 0.2) is 108 Å². The monoisotopic (exact) mass is 626 g/mol. The molecular formula is C35H38N4O5S. The minimum absolute atomic E-state index is 0.134. The van der Waals surface area contributed by atoms with Gasteiger partial charge >= 0.3 is 0 Å². The van der Waals surface area contributed by atoms with E-state index in [1.54, 1.807) is 48.7 Å². The fraction of sp³-hybridized carbons (Fsp3) is 0.286. The maximum absolute atomic E-state index is 14.0. The minimum Gasteiger partial charge on any atom is -0.497 e. The van der Waals surface area contributed by atoms with Crippen molar-refractivity contribution < 1.29 is 22.7 Å². The molecule has 1 N–H and O–H groups in total. The number of aromatic nitrogens is 1. The number of rotatable bonds is 13. The molecule has 4 aromatic rings. The van der Waals surface area contributed by atoms with Crippen molar-refractivity contribution in [1.82, 2.24) is 19.5 Å². The van der Waals surface area contributed by atoms with Gasteiger partial charge in [0.1, 0.15) is 11.8 Å². The summed E-state index contributed by atoms with van der Waals surface area (Å²) in [6.45, 7) is 1.59. The van der Waals surface area contributed by atoms with Crippen molar-refractivity contribution >= 4 is 21.8 Å². The minimum atomic E-state index is -3.52. The highest BCUT2D eigenvalue weighted by Gasteiger charge is 2.31. The average molecular weight is 627 g/mol. The second-order valence-electron chi connectivity index (χ2n) is 11.0. The molecule has 10 heteroatoms. The van der Waals surface area contributed by atoms with E-state index in [0.717, 1.165) is 29.5 Å². The van der Waals surface area contributed by atoms with Gasteiger partial charge in [0.05, 0.1) is 12.0 Å². The summed E-state index contributed by atoms with van der Waals surface area (Å²) < 4.78 is 32.7. The van der Waals surface area contributed by atoms with Crippen molar-refractivity contribution in [2.75, 3.05) is 20.2 Å². The predicted octanol–water partition coefficient (Wildman–Crippen LogP) is 4.89. The lowest BCUT2D eigenvalue weighted by atomic mass is 10.0. The molecule has 2 amide bonds. The Balaban J connectivity index is 1.38. The van der Waals surface area contributed by atoms with Gasteiger partial charge in [0.2, 0.25) is 21.8 Å². The topological polar surface area (TPSA) is 109 Å². The summed E-state index contributed by atoms with van der Waals surface area (Å²) in [5.74, 6) is 0.199. The first-order chi connectivity index (χ1) is 21.8. The molecule has 1 aromatic heterocycles. The van der Waals surface area contributed by atoms with Gasteiger partial charge in [-0.25, -0.2) is 8.42 Å². The highest BCUT2D eigenvalue weighted by molar-refractivity contribution is 7.89. The normalized spacial score (nSPS) is 14.1. The maximum atomic E-state index is 14.0.